The number of aromatic nitrogens is 2. The van der Waals surface area contributed by atoms with Crippen LogP contribution in [0, 0.1) is 5.82 Å². The molecule has 1 aliphatic heterocycles. The van der Waals surface area contributed by atoms with Crippen molar-refractivity contribution in [3.63, 3.8) is 0 Å². The highest BCUT2D eigenvalue weighted by molar-refractivity contribution is 6.30. The van der Waals surface area contributed by atoms with E-state index in [0.717, 1.165) is 0 Å². The van der Waals surface area contributed by atoms with E-state index in [9.17, 15) is 9.50 Å². The second-order valence-electron chi connectivity index (χ2n) is 4.79. The Morgan fingerprint density at radius 1 is 1.50 bits per heavy atom. The average molecular weight is 298 g/mol. The van der Waals surface area contributed by atoms with Crippen LogP contribution in [-0.2, 0) is 6.42 Å². The van der Waals surface area contributed by atoms with Crippen molar-refractivity contribution in [3.05, 3.63) is 46.3 Å². The molecule has 1 aromatic heterocycles. The van der Waals surface area contributed by atoms with Gasteiger partial charge in [-0.2, -0.15) is 4.98 Å². The Bertz CT molecular complexity index is 619. The van der Waals surface area contributed by atoms with Gasteiger partial charge < -0.3 is 14.9 Å². The smallest absolute Gasteiger partial charge is 0.243 e. The minimum atomic E-state index is -0.463. The molecule has 1 fully saturated rings. The Morgan fingerprint density at radius 3 is 3.10 bits per heavy atom. The van der Waals surface area contributed by atoms with E-state index in [0.29, 0.717) is 30.2 Å². The van der Waals surface area contributed by atoms with Gasteiger partial charge >= 0.3 is 0 Å². The number of aliphatic hydroxyl groups excluding tert-OH is 1. The van der Waals surface area contributed by atoms with Crippen LogP contribution in [0.3, 0.4) is 0 Å². The standard InChI is InChI=1S/C13H13ClFN3O2/c14-9-3-1-2-7(12(9)15)4-11-17-13(20-18-11)10-5-8(19)6-16-10/h1-3,8,10,16,19H,4-6H2. The third-order valence-electron chi connectivity index (χ3n) is 3.27. The van der Waals surface area contributed by atoms with Crippen LogP contribution < -0.4 is 5.32 Å². The minimum Gasteiger partial charge on any atom is -0.392 e. The average Bonchev–Trinajstić information content (AvgIpc) is 3.04. The number of aliphatic hydroxyl groups is 1. The Morgan fingerprint density at radius 2 is 2.35 bits per heavy atom. The highest BCUT2D eigenvalue weighted by Gasteiger charge is 2.28. The summed E-state index contributed by atoms with van der Waals surface area (Å²) in [6.07, 6.45) is 0.346. The first-order valence-corrected chi connectivity index (χ1v) is 6.68. The van der Waals surface area contributed by atoms with Crippen LogP contribution in [0.2, 0.25) is 5.02 Å². The zero-order chi connectivity index (χ0) is 14.1. The lowest BCUT2D eigenvalue weighted by atomic mass is 10.1. The highest BCUT2D eigenvalue weighted by atomic mass is 35.5. The lowest BCUT2D eigenvalue weighted by Crippen LogP contribution is -2.15. The molecule has 7 heteroatoms. The van der Waals surface area contributed by atoms with Gasteiger partial charge in [0.1, 0.15) is 5.82 Å². The summed E-state index contributed by atoms with van der Waals surface area (Å²) in [5.41, 5.74) is 0.421. The summed E-state index contributed by atoms with van der Waals surface area (Å²) < 4.78 is 18.9. The lowest BCUT2D eigenvalue weighted by Gasteiger charge is -2.02. The molecule has 2 aromatic rings. The molecule has 0 bridgehead atoms. The number of β-amino-alcohol motifs (C(OH)–C–C–N with tert-alkyl or cyclic N) is 1. The summed E-state index contributed by atoms with van der Waals surface area (Å²) in [7, 11) is 0. The Labute approximate surface area is 119 Å². The van der Waals surface area contributed by atoms with Crippen molar-refractivity contribution in [2.24, 2.45) is 0 Å². The van der Waals surface area contributed by atoms with E-state index in [-0.39, 0.29) is 17.5 Å². The molecule has 1 aliphatic rings. The predicted molar refractivity (Wildman–Crippen MR) is 69.9 cm³/mol. The van der Waals surface area contributed by atoms with Crippen LogP contribution in [0.25, 0.3) is 0 Å². The molecule has 106 valence electrons. The molecule has 20 heavy (non-hydrogen) atoms. The summed E-state index contributed by atoms with van der Waals surface area (Å²) in [5.74, 6) is 0.346. The van der Waals surface area contributed by atoms with E-state index >= 15 is 0 Å². The third kappa shape index (κ3) is 2.67. The van der Waals surface area contributed by atoms with E-state index in [1.807, 2.05) is 0 Å². The first-order valence-electron chi connectivity index (χ1n) is 6.30. The fraction of sp³-hybridized carbons (Fsp3) is 0.385. The first kappa shape index (κ1) is 13.5. The SMILES string of the molecule is OC1CNC(c2nc(Cc3cccc(Cl)c3F)no2)C1. The van der Waals surface area contributed by atoms with Crippen molar-refractivity contribution in [1.82, 2.24) is 15.5 Å². The molecular weight excluding hydrogens is 285 g/mol. The monoisotopic (exact) mass is 297 g/mol. The molecule has 0 saturated carbocycles. The van der Waals surface area contributed by atoms with Crippen molar-refractivity contribution >= 4 is 11.6 Å². The Kier molecular flexibility index (Phi) is 3.69. The van der Waals surface area contributed by atoms with Crippen LogP contribution in [0.5, 0.6) is 0 Å². The molecule has 0 aliphatic carbocycles. The van der Waals surface area contributed by atoms with Gasteiger partial charge in [-0.05, 0) is 18.1 Å². The summed E-state index contributed by atoms with van der Waals surface area (Å²) >= 11 is 5.73. The van der Waals surface area contributed by atoms with Gasteiger partial charge in [-0.25, -0.2) is 4.39 Å². The molecule has 2 atom stereocenters. The molecule has 5 nitrogen and oxygen atoms in total. The molecule has 3 rings (SSSR count). The molecule has 1 saturated heterocycles. The van der Waals surface area contributed by atoms with Gasteiger partial charge in [0.2, 0.25) is 5.89 Å². The zero-order valence-corrected chi connectivity index (χ0v) is 11.3. The van der Waals surface area contributed by atoms with Gasteiger partial charge in [0, 0.05) is 13.0 Å². The second kappa shape index (κ2) is 5.47. The number of rotatable bonds is 3. The van der Waals surface area contributed by atoms with Crippen LogP contribution in [-0.4, -0.2) is 27.9 Å². The van der Waals surface area contributed by atoms with Crippen molar-refractivity contribution in [3.8, 4) is 0 Å². The maximum absolute atomic E-state index is 13.8. The van der Waals surface area contributed by atoms with Crippen molar-refractivity contribution in [2.45, 2.75) is 25.0 Å². The molecule has 2 unspecified atom stereocenters. The van der Waals surface area contributed by atoms with Crippen molar-refractivity contribution < 1.29 is 14.0 Å². The summed E-state index contributed by atoms with van der Waals surface area (Å²) in [6.45, 7) is 0.505. The molecule has 0 spiro atoms. The molecular formula is C13H13ClFN3O2. The molecule has 2 N–H and O–H groups in total. The molecule has 1 aromatic carbocycles. The van der Waals surface area contributed by atoms with Crippen LogP contribution in [0.4, 0.5) is 4.39 Å². The topological polar surface area (TPSA) is 71.2 Å². The van der Waals surface area contributed by atoms with Crippen molar-refractivity contribution in [2.75, 3.05) is 6.54 Å². The van der Waals surface area contributed by atoms with Crippen molar-refractivity contribution in [1.29, 1.82) is 0 Å². The van der Waals surface area contributed by atoms with E-state index in [4.69, 9.17) is 16.1 Å². The number of nitrogens with one attached hydrogen (secondary N) is 1. The van der Waals surface area contributed by atoms with E-state index in [1.165, 1.54) is 6.07 Å². The molecule has 0 radical (unpaired) electrons. The quantitative estimate of drug-likeness (QED) is 0.904. The normalized spacial score (nSPS) is 22.4. The Hall–Kier alpha value is -1.50. The van der Waals surface area contributed by atoms with Gasteiger partial charge in [0.25, 0.3) is 0 Å². The maximum Gasteiger partial charge on any atom is 0.243 e. The summed E-state index contributed by atoms with van der Waals surface area (Å²) in [4.78, 5) is 4.23. The van der Waals surface area contributed by atoms with Crippen LogP contribution in [0.1, 0.15) is 29.7 Å². The maximum atomic E-state index is 13.8. The van der Waals surface area contributed by atoms with Crippen LogP contribution >= 0.6 is 11.6 Å². The number of halogens is 2. The number of nitrogens with zero attached hydrogens (tertiary/aromatic N) is 2. The number of hydrogen-bond acceptors (Lipinski definition) is 5. The van der Waals surface area contributed by atoms with E-state index in [2.05, 4.69) is 15.5 Å². The van der Waals surface area contributed by atoms with Gasteiger partial charge in [0.05, 0.1) is 17.2 Å². The highest BCUT2D eigenvalue weighted by Crippen LogP contribution is 2.23. The number of benzene rings is 1. The molecule has 2 heterocycles. The summed E-state index contributed by atoms with van der Waals surface area (Å²) in [5, 5.41) is 16.4. The summed E-state index contributed by atoms with van der Waals surface area (Å²) in [6, 6.07) is 4.66. The Balaban J connectivity index is 1.76. The fourth-order valence-electron chi connectivity index (χ4n) is 2.24. The van der Waals surface area contributed by atoms with E-state index in [1.54, 1.807) is 12.1 Å². The predicted octanol–water partition coefficient (Wildman–Crippen LogP) is 1.85. The van der Waals surface area contributed by atoms with E-state index < -0.39 is 11.9 Å². The largest absolute Gasteiger partial charge is 0.392 e. The molecule has 0 amide bonds. The van der Waals surface area contributed by atoms with Gasteiger partial charge in [-0.15, -0.1) is 0 Å². The fourth-order valence-corrected chi connectivity index (χ4v) is 2.44. The van der Waals surface area contributed by atoms with Gasteiger partial charge in [0.15, 0.2) is 5.82 Å². The lowest BCUT2D eigenvalue weighted by molar-refractivity contribution is 0.191. The van der Waals surface area contributed by atoms with Gasteiger partial charge in [-0.3, -0.25) is 0 Å². The minimum absolute atomic E-state index is 0.0757. The second-order valence-corrected chi connectivity index (χ2v) is 5.20. The first-order chi connectivity index (χ1) is 9.63. The van der Waals surface area contributed by atoms with Crippen LogP contribution in [0.15, 0.2) is 22.7 Å². The van der Waals surface area contributed by atoms with Gasteiger partial charge in [-0.1, -0.05) is 28.9 Å². The zero-order valence-electron chi connectivity index (χ0n) is 10.5. The third-order valence-corrected chi connectivity index (χ3v) is 3.56. The number of hydrogen-bond donors (Lipinski definition) is 2.